The standard InChI is InChI=1S/C49H95NO5/c1-9-11-13-15-17-19-21-23-25-27-29-31-33-35-37-39-45(51)54-44-41-47(3,4)50(48(5,6)42-44)53-43-49(7,8)55-46(52)40-38-36-34-32-30-28-26-24-22-20-18-16-14-12-10-2/h44H,9-43H2,1-8H3. The highest BCUT2D eigenvalue weighted by atomic mass is 16.7. The van der Waals surface area contributed by atoms with Crippen molar-refractivity contribution in [2.75, 3.05) is 6.61 Å². The molecule has 0 radical (unpaired) electrons. The van der Waals surface area contributed by atoms with Crippen molar-refractivity contribution in [1.82, 2.24) is 5.06 Å². The van der Waals surface area contributed by atoms with E-state index < -0.39 is 5.60 Å². The number of carbonyl (C=O) groups excluding carboxylic acids is 2. The molecule has 6 nitrogen and oxygen atoms in total. The fourth-order valence-electron chi connectivity index (χ4n) is 8.74. The maximum Gasteiger partial charge on any atom is 0.306 e. The molecule has 1 aliphatic rings. The van der Waals surface area contributed by atoms with Crippen LogP contribution in [0.15, 0.2) is 0 Å². The Bertz CT molecular complexity index is 912. The van der Waals surface area contributed by atoms with E-state index in [1.807, 2.05) is 13.8 Å². The van der Waals surface area contributed by atoms with Crippen LogP contribution in [0.2, 0.25) is 0 Å². The summed E-state index contributed by atoms with van der Waals surface area (Å²) in [5.41, 5.74) is -1.40. The molecule has 1 fully saturated rings. The molecule has 0 atom stereocenters. The van der Waals surface area contributed by atoms with Gasteiger partial charge in [0.05, 0.1) is 0 Å². The first-order chi connectivity index (χ1) is 26.3. The summed E-state index contributed by atoms with van der Waals surface area (Å²) in [6, 6.07) is 0. The second kappa shape index (κ2) is 31.8. The monoisotopic (exact) mass is 778 g/mol. The lowest BCUT2D eigenvalue weighted by Crippen LogP contribution is -2.62. The number of piperidine rings is 1. The van der Waals surface area contributed by atoms with Gasteiger partial charge in [-0.2, -0.15) is 5.06 Å². The Morgan fingerprint density at radius 3 is 1.11 bits per heavy atom. The highest BCUT2D eigenvalue weighted by molar-refractivity contribution is 5.70. The predicted molar refractivity (Wildman–Crippen MR) is 234 cm³/mol. The summed E-state index contributed by atoms with van der Waals surface area (Å²) >= 11 is 0. The molecular weight excluding hydrogens is 683 g/mol. The molecule has 0 N–H and O–H groups in total. The van der Waals surface area contributed by atoms with Crippen LogP contribution in [0, 0.1) is 0 Å². The number of rotatable bonds is 37. The first-order valence-corrected chi connectivity index (χ1v) is 24.2. The van der Waals surface area contributed by atoms with Crippen molar-refractivity contribution in [1.29, 1.82) is 0 Å². The second-order valence-corrected chi connectivity index (χ2v) is 19.3. The Morgan fingerprint density at radius 2 is 0.782 bits per heavy atom. The third-order valence-corrected chi connectivity index (χ3v) is 11.8. The summed E-state index contributed by atoms with van der Waals surface area (Å²) in [7, 11) is 0. The van der Waals surface area contributed by atoms with E-state index in [-0.39, 0.29) is 35.7 Å². The van der Waals surface area contributed by atoms with Crippen molar-refractivity contribution in [3.05, 3.63) is 0 Å². The molecule has 0 unspecified atom stereocenters. The largest absolute Gasteiger partial charge is 0.462 e. The molecule has 0 amide bonds. The third-order valence-electron chi connectivity index (χ3n) is 11.8. The van der Waals surface area contributed by atoms with E-state index >= 15 is 0 Å². The molecule has 0 aromatic carbocycles. The van der Waals surface area contributed by atoms with Crippen LogP contribution in [0.1, 0.15) is 274 Å². The maximum absolute atomic E-state index is 12.8. The zero-order chi connectivity index (χ0) is 40.7. The van der Waals surface area contributed by atoms with Gasteiger partial charge in [0.1, 0.15) is 18.3 Å². The lowest BCUT2D eigenvalue weighted by molar-refractivity contribution is -0.307. The Labute approximate surface area is 343 Å². The van der Waals surface area contributed by atoms with Gasteiger partial charge in [0.2, 0.25) is 0 Å². The first kappa shape index (κ1) is 51.9. The van der Waals surface area contributed by atoms with Crippen molar-refractivity contribution in [3.8, 4) is 0 Å². The van der Waals surface area contributed by atoms with Gasteiger partial charge in [-0.15, -0.1) is 0 Å². The molecule has 55 heavy (non-hydrogen) atoms. The molecule has 1 heterocycles. The second-order valence-electron chi connectivity index (χ2n) is 19.3. The van der Waals surface area contributed by atoms with Crippen LogP contribution in [0.3, 0.4) is 0 Å². The third kappa shape index (κ3) is 28.0. The molecule has 0 aromatic heterocycles. The average Bonchev–Trinajstić information content (AvgIpc) is 3.10. The molecule has 0 bridgehead atoms. The van der Waals surface area contributed by atoms with Gasteiger partial charge in [-0.1, -0.05) is 194 Å². The highest BCUT2D eigenvalue weighted by Crippen LogP contribution is 2.40. The zero-order valence-electron chi connectivity index (χ0n) is 38.3. The van der Waals surface area contributed by atoms with Crippen LogP contribution in [0.5, 0.6) is 0 Å². The summed E-state index contributed by atoms with van der Waals surface area (Å²) in [5, 5.41) is 2.06. The lowest BCUT2D eigenvalue weighted by Gasteiger charge is -2.53. The van der Waals surface area contributed by atoms with Gasteiger partial charge < -0.3 is 9.47 Å². The minimum Gasteiger partial charge on any atom is -0.462 e. The van der Waals surface area contributed by atoms with Crippen LogP contribution in [-0.4, -0.2) is 46.4 Å². The van der Waals surface area contributed by atoms with Crippen molar-refractivity contribution in [3.63, 3.8) is 0 Å². The molecule has 6 heteroatoms. The minimum absolute atomic E-state index is 0.0669. The van der Waals surface area contributed by atoms with Gasteiger partial charge in [-0.05, 0) is 54.4 Å². The van der Waals surface area contributed by atoms with Crippen molar-refractivity contribution < 1.29 is 23.9 Å². The molecule has 1 aliphatic heterocycles. The van der Waals surface area contributed by atoms with Crippen molar-refractivity contribution in [2.45, 2.75) is 296 Å². The maximum atomic E-state index is 12.8. The van der Waals surface area contributed by atoms with Gasteiger partial charge in [0.15, 0.2) is 0 Å². The summed E-state index contributed by atoms with van der Waals surface area (Å²) < 4.78 is 11.9. The van der Waals surface area contributed by atoms with Crippen LogP contribution in [0.4, 0.5) is 0 Å². The van der Waals surface area contributed by atoms with Crippen LogP contribution in [-0.2, 0) is 23.9 Å². The van der Waals surface area contributed by atoms with E-state index in [1.54, 1.807) is 0 Å². The van der Waals surface area contributed by atoms with Crippen LogP contribution < -0.4 is 0 Å². The molecule has 0 aliphatic carbocycles. The van der Waals surface area contributed by atoms with Gasteiger partial charge in [-0.3, -0.25) is 14.4 Å². The van der Waals surface area contributed by atoms with E-state index in [1.165, 1.54) is 167 Å². The Hall–Kier alpha value is -1.14. The number of hydroxylamine groups is 2. The minimum atomic E-state index is -0.727. The molecular formula is C49H95NO5. The Kier molecular flexibility index (Phi) is 30.0. The Morgan fingerprint density at radius 1 is 0.491 bits per heavy atom. The molecule has 0 spiro atoms. The van der Waals surface area contributed by atoms with Gasteiger partial charge >= 0.3 is 11.9 Å². The summed E-state index contributed by atoms with van der Waals surface area (Å²) in [6.07, 6.45) is 41.7. The fraction of sp³-hybridized carbons (Fsp3) is 0.959. The lowest BCUT2D eigenvalue weighted by atomic mass is 9.80. The fourth-order valence-corrected chi connectivity index (χ4v) is 8.74. The van der Waals surface area contributed by atoms with E-state index in [9.17, 15) is 9.59 Å². The summed E-state index contributed by atoms with van der Waals surface area (Å²) in [4.78, 5) is 32.0. The van der Waals surface area contributed by atoms with Gasteiger partial charge in [0.25, 0.3) is 0 Å². The molecule has 326 valence electrons. The SMILES string of the molecule is CCCCCCCCCCCCCCCCCC(=O)OC1CC(C)(C)N(OCC(C)(C)OC(=O)CCCCCCCCCCCCCCCCC)C(C)(C)C1. The summed E-state index contributed by atoms with van der Waals surface area (Å²) in [6.45, 7) is 17.3. The average molecular weight is 778 g/mol. The number of hydrogen-bond acceptors (Lipinski definition) is 6. The number of hydrogen-bond donors (Lipinski definition) is 0. The van der Waals surface area contributed by atoms with E-state index in [4.69, 9.17) is 14.3 Å². The number of nitrogens with zero attached hydrogens (tertiary/aromatic N) is 1. The highest BCUT2D eigenvalue weighted by Gasteiger charge is 2.48. The van der Waals surface area contributed by atoms with Crippen LogP contribution >= 0.6 is 0 Å². The normalized spacial score (nSPS) is 16.1. The van der Waals surface area contributed by atoms with Crippen molar-refractivity contribution >= 4 is 11.9 Å². The summed E-state index contributed by atoms with van der Waals surface area (Å²) in [5.74, 6) is -0.204. The molecule has 0 saturated carbocycles. The Balaban J connectivity index is 2.17. The smallest absolute Gasteiger partial charge is 0.306 e. The molecule has 1 saturated heterocycles. The number of esters is 2. The van der Waals surface area contributed by atoms with E-state index in [0.717, 1.165) is 25.7 Å². The number of unbranched alkanes of at least 4 members (excludes halogenated alkanes) is 28. The van der Waals surface area contributed by atoms with Gasteiger partial charge in [0, 0.05) is 36.8 Å². The van der Waals surface area contributed by atoms with Crippen molar-refractivity contribution in [2.24, 2.45) is 0 Å². The quantitative estimate of drug-likeness (QED) is 0.0462. The van der Waals surface area contributed by atoms with E-state index in [2.05, 4.69) is 46.6 Å². The predicted octanol–water partition coefficient (Wildman–Crippen LogP) is 15.3. The van der Waals surface area contributed by atoms with E-state index in [0.29, 0.717) is 25.7 Å². The number of ether oxygens (including phenoxy) is 2. The first-order valence-electron chi connectivity index (χ1n) is 24.2. The molecule has 0 aromatic rings. The zero-order valence-corrected chi connectivity index (χ0v) is 38.3. The van der Waals surface area contributed by atoms with Gasteiger partial charge in [-0.25, -0.2) is 0 Å². The van der Waals surface area contributed by atoms with Crippen LogP contribution in [0.25, 0.3) is 0 Å². The number of carbonyl (C=O) groups is 2. The topological polar surface area (TPSA) is 65.1 Å². The molecule has 1 rings (SSSR count).